The van der Waals surface area contributed by atoms with E-state index in [-0.39, 0.29) is 5.54 Å². The van der Waals surface area contributed by atoms with Crippen molar-refractivity contribution in [2.75, 3.05) is 25.1 Å². The number of nitrogens with zero attached hydrogens (tertiary/aromatic N) is 1. The van der Waals surface area contributed by atoms with Gasteiger partial charge in [0, 0.05) is 43.0 Å². The number of benzene rings is 1. The summed E-state index contributed by atoms with van der Waals surface area (Å²) in [7, 11) is 1.76. The SMILES string of the molecule is CCC1(CC)CN(c2ccccc2COC)C(C)CN1. The predicted octanol–water partition coefficient (Wildman–Crippen LogP) is 3.19. The Kier molecular flexibility index (Phi) is 5.06. The number of piperazine rings is 1. The molecule has 1 aliphatic heterocycles. The van der Waals surface area contributed by atoms with Crippen LogP contribution < -0.4 is 10.2 Å². The summed E-state index contributed by atoms with van der Waals surface area (Å²) >= 11 is 0. The van der Waals surface area contributed by atoms with Gasteiger partial charge in [-0.1, -0.05) is 32.0 Å². The van der Waals surface area contributed by atoms with Crippen LogP contribution >= 0.6 is 0 Å². The molecule has 0 radical (unpaired) electrons. The van der Waals surface area contributed by atoms with Gasteiger partial charge in [-0.15, -0.1) is 0 Å². The van der Waals surface area contributed by atoms with E-state index >= 15 is 0 Å². The molecule has 20 heavy (non-hydrogen) atoms. The summed E-state index contributed by atoms with van der Waals surface area (Å²) in [5, 5.41) is 3.76. The first-order chi connectivity index (χ1) is 9.65. The van der Waals surface area contributed by atoms with Gasteiger partial charge in [0.05, 0.1) is 6.61 Å². The second kappa shape index (κ2) is 6.59. The van der Waals surface area contributed by atoms with Crippen molar-refractivity contribution in [3.05, 3.63) is 29.8 Å². The zero-order chi connectivity index (χ0) is 14.6. The largest absolute Gasteiger partial charge is 0.380 e. The summed E-state index contributed by atoms with van der Waals surface area (Å²) in [5.74, 6) is 0. The number of methoxy groups -OCH3 is 1. The lowest BCUT2D eigenvalue weighted by atomic mass is 9.88. The van der Waals surface area contributed by atoms with Gasteiger partial charge in [-0.05, 0) is 25.8 Å². The molecule has 2 rings (SSSR count). The van der Waals surface area contributed by atoms with Gasteiger partial charge in [0.25, 0.3) is 0 Å². The molecule has 1 fully saturated rings. The Morgan fingerprint density at radius 3 is 2.65 bits per heavy atom. The van der Waals surface area contributed by atoms with Crippen LogP contribution in [0.25, 0.3) is 0 Å². The van der Waals surface area contributed by atoms with E-state index in [1.807, 2.05) is 0 Å². The van der Waals surface area contributed by atoms with Gasteiger partial charge >= 0.3 is 0 Å². The van der Waals surface area contributed by atoms with E-state index < -0.39 is 0 Å². The van der Waals surface area contributed by atoms with E-state index in [9.17, 15) is 0 Å². The first kappa shape index (κ1) is 15.3. The van der Waals surface area contributed by atoms with E-state index in [0.717, 1.165) is 13.1 Å². The van der Waals surface area contributed by atoms with Crippen LogP contribution in [-0.2, 0) is 11.3 Å². The highest BCUT2D eigenvalue weighted by Crippen LogP contribution is 2.30. The lowest BCUT2D eigenvalue weighted by Gasteiger charge is -2.48. The normalized spacial score (nSPS) is 22.0. The van der Waals surface area contributed by atoms with Crippen LogP contribution in [0.15, 0.2) is 24.3 Å². The Morgan fingerprint density at radius 2 is 2.00 bits per heavy atom. The van der Waals surface area contributed by atoms with Crippen LogP contribution in [0.4, 0.5) is 5.69 Å². The number of ether oxygens (including phenoxy) is 1. The molecular formula is C17H28N2O. The van der Waals surface area contributed by atoms with Crippen LogP contribution in [-0.4, -0.2) is 31.8 Å². The van der Waals surface area contributed by atoms with Gasteiger partial charge in [0.2, 0.25) is 0 Å². The van der Waals surface area contributed by atoms with E-state index in [4.69, 9.17) is 4.74 Å². The molecule has 1 aromatic carbocycles. The average Bonchev–Trinajstić information content (AvgIpc) is 2.49. The molecule has 0 saturated carbocycles. The fourth-order valence-corrected chi connectivity index (χ4v) is 3.13. The summed E-state index contributed by atoms with van der Waals surface area (Å²) in [6.07, 6.45) is 2.33. The van der Waals surface area contributed by atoms with Gasteiger partial charge in [-0.2, -0.15) is 0 Å². The number of hydrogen-bond donors (Lipinski definition) is 1. The Labute approximate surface area is 123 Å². The molecule has 112 valence electrons. The van der Waals surface area contributed by atoms with Crippen molar-refractivity contribution in [2.24, 2.45) is 0 Å². The number of anilines is 1. The van der Waals surface area contributed by atoms with Crippen LogP contribution in [0, 0.1) is 0 Å². The molecule has 1 aromatic rings. The zero-order valence-electron chi connectivity index (χ0n) is 13.3. The van der Waals surface area contributed by atoms with Crippen molar-refractivity contribution in [1.82, 2.24) is 5.32 Å². The van der Waals surface area contributed by atoms with E-state index in [1.165, 1.54) is 24.1 Å². The maximum Gasteiger partial charge on any atom is 0.0733 e. The minimum absolute atomic E-state index is 0.243. The van der Waals surface area contributed by atoms with Crippen LogP contribution in [0.3, 0.4) is 0 Å². The smallest absolute Gasteiger partial charge is 0.0733 e. The highest BCUT2D eigenvalue weighted by atomic mass is 16.5. The standard InChI is InChI=1S/C17H28N2O/c1-5-17(6-2)13-19(14(3)11-18-17)16-10-8-7-9-15(16)12-20-4/h7-10,14,18H,5-6,11-13H2,1-4H3. The minimum Gasteiger partial charge on any atom is -0.380 e. The highest BCUT2D eigenvalue weighted by molar-refractivity contribution is 5.55. The minimum atomic E-state index is 0.243. The Balaban J connectivity index is 2.29. The van der Waals surface area contributed by atoms with Crippen molar-refractivity contribution in [2.45, 2.75) is 51.8 Å². The lowest BCUT2D eigenvalue weighted by Crippen LogP contribution is -2.63. The van der Waals surface area contributed by atoms with Crippen molar-refractivity contribution in [1.29, 1.82) is 0 Å². The summed E-state index contributed by atoms with van der Waals surface area (Å²) in [5.41, 5.74) is 2.85. The second-order valence-electron chi connectivity index (χ2n) is 5.91. The maximum absolute atomic E-state index is 5.36. The Bertz CT molecular complexity index is 429. The number of nitrogens with one attached hydrogen (secondary N) is 1. The quantitative estimate of drug-likeness (QED) is 0.894. The molecule has 1 aliphatic rings. The molecule has 3 nitrogen and oxygen atoms in total. The molecule has 1 unspecified atom stereocenters. The Morgan fingerprint density at radius 1 is 1.30 bits per heavy atom. The van der Waals surface area contributed by atoms with Crippen LogP contribution in [0.1, 0.15) is 39.2 Å². The fraction of sp³-hybridized carbons (Fsp3) is 0.647. The second-order valence-corrected chi connectivity index (χ2v) is 5.91. The Hall–Kier alpha value is -1.06. The van der Waals surface area contributed by atoms with Gasteiger partial charge in [0.1, 0.15) is 0 Å². The third-order valence-electron chi connectivity index (χ3n) is 4.73. The molecule has 1 N–H and O–H groups in total. The van der Waals surface area contributed by atoms with Gasteiger partial charge in [-0.25, -0.2) is 0 Å². The molecule has 0 amide bonds. The fourth-order valence-electron chi connectivity index (χ4n) is 3.13. The molecule has 0 bridgehead atoms. The number of hydrogen-bond acceptors (Lipinski definition) is 3. The van der Waals surface area contributed by atoms with E-state index in [1.54, 1.807) is 7.11 Å². The van der Waals surface area contributed by atoms with Gasteiger partial charge in [0.15, 0.2) is 0 Å². The number of rotatable bonds is 5. The third kappa shape index (κ3) is 2.99. The lowest BCUT2D eigenvalue weighted by molar-refractivity contribution is 0.184. The van der Waals surface area contributed by atoms with Crippen molar-refractivity contribution in [3.8, 4) is 0 Å². The van der Waals surface area contributed by atoms with E-state index in [2.05, 4.69) is 55.3 Å². The van der Waals surface area contributed by atoms with Crippen molar-refractivity contribution >= 4 is 5.69 Å². The highest BCUT2D eigenvalue weighted by Gasteiger charge is 2.35. The molecule has 0 aliphatic carbocycles. The van der Waals surface area contributed by atoms with E-state index in [0.29, 0.717) is 12.6 Å². The topological polar surface area (TPSA) is 24.5 Å². The number of para-hydroxylation sites is 1. The molecule has 1 saturated heterocycles. The summed E-state index contributed by atoms with van der Waals surface area (Å²) in [6.45, 7) is 9.66. The van der Waals surface area contributed by atoms with Crippen molar-refractivity contribution < 1.29 is 4.74 Å². The van der Waals surface area contributed by atoms with Crippen LogP contribution in [0.2, 0.25) is 0 Å². The predicted molar refractivity (Wildman–Crippen MR) is 85.3 cm³/mol. The van der Waals surface area contributed by atoms with Gasteiger partial charge < -0.3 is 15.0 Å². The zero-order valence-corrected chi connectivity index (χ0v) is 13.3. The molecule has 1 heterocycles. The monoisotopic (exact) mass is 276 g/mol. The molecule has 0 aromatic heterocycles. The molecule has 1 atom stereocenters. The van der Waals surface area contributed by atoms with Crippen LogP contribution in [0.5, 0.6) is 0 Å². The first-order valence-corrected chi connectivity index (χ1v) is 7.74. The molecule has 0 spiro atoms. The average molecular weight is 276 g/mol. The third-order valence-corrected chi connectivity index (χ3v) is 4.73. The van der Waals surface area contributed by atoms with Gasteiger partial charge in [-0.3, -0.25) is 0 Å². The maximum atomic E-state index is 5.36. The van der Waals surface area contributed by atoms with Crippen molar-refractivity contribution in [3.63, 3.8) is 0 Å². The summed E-state index contributed by atoms with van der Waals surface area (Å²) in [4.78, 5) is 2.55. The summed E-state index contributed by atoms with van der Waals surface area (Å²) in [6, 6.07) is 9.14. The summed E-state index contributed by atoms with van der Waals surface area (Å²) < 4.78 is 5.36. The molecular weight excluding hydrogens is 248 g/mol. The molecule has 3 heteroatoms. The first-order valence-electron chi connectivity index (χ1n) is 7.74.